The van der Waals surface area contributed by atoms with Crippen molar-refractivity contribution < 1.29 is 8.83 Å². The fourth-order valence-electron chi connectivity index (χ4n) is 7.95. The zero-order chi connectivity index (χ0) is 30.6. The third kappa shape index (κ3) is 3.32. The van der Waals surface area contributed by atoms with E-state index < -0.39 is 0 Å². The lowest BCUT2D eigenvalue weighted by atomic mass is 9.82. The lowest BCUT2D eigenvalue weighted by Crippen LogP contribution is -2.16. The summed E-state index contributed by atoms with van der Waals surface area (Å²) in [5.41, 5.74) is 11.9. The quantitative estimate of drug-likeness (QED) is 0.205. The SMILES string of the molecule is CC1(C)c2ccccc2-c2ccc(N(c3ccccc3)c3cccc4oc5c6ccccc6c6c7ccccc7oc6c5c34)cc21. The zero-order valence-electron chi connectivity index (χ0n) is 25.5. The molecule has 10 rings (SSSR count). The fourth-order valence-corrected chi connectivity index (χ4v) is 7.95. The van der Waals surface area contributed by atoms with Crippen molar-refractivity contribution in [2.45, 2.75) is 19.3 Å². The molecule has 0 N–H and O–H groups in total. The van der Waals surface area contributed by atoms with Crippen molar-refractivity contribution in [2.75, 3.05) is 4.90 Å². The molecule has 3 heteroatoms. The van der Waals surface area contributed by atoms with Gasteiger partial charge in [-0.05, 0) is 70.1 Å². The average molecular weight is 592 g/mol. The molecule has 0 atom stereocenters. The predicted octanol–water partition coefficient (Wildman–Crippen LogP) is 12.4. The second kappa shape index (κ2) is 9.12. The molecule has 3 nitrogen and oxygen atoms in total. The van der Waals surface area contributed by atoms with Crippen LogP contribution in [0.3, 0.4) is 0 Å². The highest BCUT2D eigenvalue weighted by Crippen LogP contribution is 2.52. The van der Waals surface area contributed by atoms with E-state index in [9.17, 15) is 0 Å². The molecular weight excluding hydrogens is 562 g/mol. The van der Waals surface area contributed by atoms with Crippen LogP contribution in [-0.2, 0) is 5.41 Å². The van der Waals surface area contributed by atoms with E-state index in [0.717, 1.165) is 71.7 Å². The van der Waals surface area contributed by atoms with E-state index in [2.05, 4.69) is 152 Å². The second-order valence-corrected chi connectivity index (χ2v) is 12.9. The molecule has 2 heterocycles. The molecule has 46 heavy (non-hydrogen) atoms. The van der Waals surface area contributed by atoms with Crippen LogP contribution in [0, 0.1) is 0 Å². The summed E-state index contributed by atoms with van der Waals surface area (Å²) in [5.74, 6) is 0. The summed E-state index contributed by atoms with van der Waals surface area (Å²) in [5, 5.41) is 6.50. The normalized spacial score (nSPS) is 13.6. The zero-order valence-corrected chi connectivity index (χ0v) is 25.5. The van der Waals surface area contributed by atoms with Crippen LogP contribution in [0.15, 0.2) is 148 Å². The van der Waals surface area contributed by atoms with E-state index in [4.69, 9.17) is 8.83 Å². The Morgan fingerprint density at radius 1 is 0.457 bits per heavy atom. The van der Waals surface area contributed by atoms with Gasteiger partial charge in [0.05, 0.1) is 16.5 Å². The van der Waals surface area contributed by atoms with Gasteiger partial charge in [0.25, 0.3) is 0 Å². The molecule has 0 radical (unpaired) electrons. The van der Waals surface area contributed by atoms with Crippen LogP contribution < -0.4 is 4.90 Å². The number of fused-ring (bicyclic) bond motifs is 13. The molecule has 218 valence electrons. The van der Waals surface area contributed by atoms with E-state index in [1.807, 2.05) is 6.07 Å². The highest BCUT2D eigenvalue weighted by molar-refractivity contribution is 6.35. The van der Waals surface area contributed by atoms with Gasteiger partial charge in [0.2, 0.25) is 0 Å². The molecule has 0 spiro atoms. The van der Waals surface area contributed by atoms with Crippen LogP contribution in [0.25, 0.3) is 65.8 Å². The van der Waals surface area contributed by atoms with E-state index in [1.54, 1.807) is 0 Å². The number of para-hydroxylation sites is 2. The summed E-state index contributed by atoms with van der Waals surface area (Å²) in [7, 11) is 0. The molecule has 7 aromatic carbocycles. The van der Waals surface area contributed by atoms with Gasteiger partial charge in [-0.2, -0.15) is 0 Å². The first-order chi connectivity index (χ1) is 22.6. The smallest absolute Gasteiger partial charge is 0.147 e. The molecule has 1 aliphatic rings. The van der Waals surface area contributed by atoms with Gasteiger partial charge in [-0.1, -0.05) is 111 Å². The minimum Gasteiger partial charge on any atom is -0.455 e. The van der Waals surface area contributed by atoms with Gasteiger partial charge in [0, 0.05) is 32.9 Å². The first kappa shape index (κ1) is 25.5. The van der Waals surface area contributed by atoms with Crippen LogP contribution in [0.5, 0.6) is 0 Å². The first-order valence-corrected chi connectivity index (χ1v) is 15.9. The number of benzene rings is 7. The molecule has 0 bridgehead atoms. The van der Waals surface area contributed by atoms with E-state index in [1.165, 1.54) is 22.3 Å². The summed E-state index contributed by atoms with van der Waals surface area (Å²) in [6, 6.07) is 49.6. The highest BCUT2D eigenvalue weighted by Gasteiger charge is 2.36. The molecule has 0 unspecified atom stereocenters. The number of furan rings is 2. The Balaban J connectivity index is 1.32. The lowest BCUT2D eigenvalue weighted by molar-refractivity contribution is 0.660. The summed E-state index contributed by atoms with van der Waals surface area (Å²) in [6.07, 6.45) is 0. The van der Waals surface area contributed by atoms with Gasteiger partial charge in [-0.15, -0.1) is 0 Å². The predicted molar refractivity (Wildman–Crippen MR) is 191 cm³/mol. The topological polar surface area (TPSA) is 29.5 Å². The van der Waals surface area contributed by atoms with Gasteiger partial charge < -0.3 is 13.7 Å². The molecule has 2 aromatic heterocycles. The summed E-state index contributed by atoms with van der Waals surface area (Å²) in [6.45, 7) is 4.67. The molecular formula is C43H29NO2. The third-order valence-corrected chi connectivity index (χ3v) is 10.0. The number of hydrogen-bond acceptors (Lipinski definition) is 3. The average Bonchev–Trinajstić information content (AvgIpc) is 3.75. The Labute approximate surface area is 265 Å². The maximum Gasteiger partial charge on any atom is 0.147 e. The van der Waals surface area contributed by atoms with Crippen LogP contribution in [0.2, 0.25) is 0 Å². The molecule has 0 saturated heterocycles. The number of hydrogen-bond donors (Lipinski definition) is 0. The van der Waals surface area contributed by atoms with Gasteiger partial charge in [0.15, 0.2) is 0 Å². The fraction of sp³-hybridized carbons (Fsp3) is 0.0698. The Morgan fingerprint density at radius 2 is 1.13 bits per heavy atom. The Hall–Kier alpha value is -5.80. The third-order valence-electron chi connectivity index (χ3n) is 10.0. The van der Waals surface area contributed by atoms with E-state index in [-0.39, 0.29) is 5.41 Å². The van der Waals surface area contributed by atoms with Crippen molar-refractivity contribution in [2.24, 2.45) is 0 Å². The molecule has 0 saturated carbocycles. The maximum absolute atomic E-state index is 6.80. The Bertz CT molecular complexity index is 2670. The van der Waals surface area contributed by atoms with Crippen molar-refractivity contribution in [3.05, 3.63) is 151 Å². The van der Waals surface area contributed by atoms with Crippen molar-refractivity contribution in [3.63, 3.8) is 0 Å². The monoisotopic (exact) mass is 591 g/mol. The maximum atomic E-state index is 6.80. The van der Waals surface area contributed by atoms with Crippen molar-refractivity contribution in [3.8, 4) is 11.1 Å². The van der Waals surface area contributed by atoms with Gasteiger partial charge in [0.1, 0.15) is 22.3 Å². The van der Waals surface area contributed by atoms with Gasteiger partial charge in [-0.25, -0.2) is 0 Å². The van der Waals surface area contributed by atoms with Crippen LogP contribution >= 0.6 is 0 Å². The summed E-state index contributed by atoms with van der Waals surface area (Å²) < 4.78 is 13.5. The molecule has 9 aromatic rings. The first-order valence-electron chi connectivity index (χ1n) is 15.9. The molecule has 1 aliphatic carbocycles. The molecule has 0 fully saturated rings. The highest BCUT2D eigenvalue weighted by atomic mass is 16.3. The van der Waals surface area contributed by atoms with E-state index >= 15 is 0 Å². The Morgan fingerprint density at radius 3 is 2.00 bits per heavy atom. The summed E-state index contributed by atoms with van der Waals surface area (Å²) in [4.78, 5) is 2.38. The minimum atomic E-state index is -0.113. The van der Waals surface area contributed by atoms with Crippen LogP contribution in [-0.4, -0.2) is 0 Å². The van der Waals surface area contributed by atoms with Crippen molar-refractivity contribution in [1.29, 1.82) is 0 Å². The van der Waals surface area contributed by atoms with Crippen LogP contribution in [0.1, 0.15) is 25.0 Å². The standard InChI is InChI=1S/C43H29NO2/c1-43(2)33-19-10-8-15-28(33)29-24-23-27(25-34(29)43)44(26-13-4-3-5-14-26)35-20-12-22-37-39(35)40-41(46-37)31-17-7-6-16-30(31)38-32-18-9-11-21-36(32)45-42(38)40/h3-25H,1-2H3. The van der Waals surface area contributed by atoms with Gasteiger partial charge >= 0.3 is 0 Å². The summed E-state index contributed by atoms with van der Waals surface area (Å²) >= 11 is 0. The lowest BCUT2D eigenvalue weighted by Gasteiger charge is -2.28. The van der Waals surface area contributed by atoms with Crippen molar-refractivity contribution >= 4 is 71.7 Å². The number of nitrogens with zero attached hydrogens (tertiary/aromatic N) is 1. The molecule has 0 aliphatic heterocycles. The minimum absolute atomic E-state index is 0.113. The van der Waals surface area contributed by atoms with Gasteiger partial charge in [-0.3, -0.25) is 0 Å². The molecule has 0 amide bonds. The second-order valence-electron chi connectivity index (χ2n) is 12.9. The number of anilines is 3. The number of rotatable bonds is 3. The largest absolute Gasteiger partial charge is 0.455 e. The Kier molecular flexibility index (Phi) is 5.06. The van der Waals surface area contributed by atoms with E-state index in [0.29, 0.717) is 0 Å². The van der Waals surface area contributed by atoms with Crippen LogP contribution in [0.4, 0.5) is 17.1 Å². The van der Waals surface area contributed by atoms with Crippen molar-refractivity contribution in [1.82, 2.24) is 0 Å².